The lowest BCUT2D eigenvalue weighted by Gasteiger charge is -2.44. The third-order valence-corrected chi connectivity index (χ3v) is 6.68. The summed E-state index contributed by atoms with van der Waals surface area (Å²) in [7, 11) is 1.65. The second-order valence-corrected chi connectivity index (χ2v) is 8.25. The van der Waals surface area contributed by atoms with Crippen molar-refractivity contribution in [2.75, 3.05) is 19.4 Å². The number of hydrogen-bond donors (Lipinski definition) is 0. The number of benzene rings is 1. The van der Waals surface area contributed by atoms with Gasteiger partial charge in [-0.25, -0.2) is 0 Å². The Hall–Kier alpha value is -2.02. The van der Waals surface area contributed by atoms with Gasteiger partial charge in [-0.2, -0.15) is 0 Å². The Morgan fingerprint density at radius 2 is 1.96 bits per heavy atom. The summed E-state index contributed by atoms with van der Waals surface area (Å²) in [5, 5.41) is 8.98. The van der Waals surface area contributed by atoms with Gasteiger partial charge in [0.2, 0.25) is 5.91 Å². The number of thioether (sulfide) groups is 1. The highest BCUT2D eigenvalue weighted by molar-refractivity contribution is 7.99. The molecular formula is C20H26N4O2S. The molecule has 1 amide bonds. The van der Waals surface area contributed by atoms with Crippen molar-refractivity contribution >= 4 is 17.7 Å². The van der Waals surface area contributed by atoms with E-state index in [1.54, 1.807) is 13.4 Å². The van der Waals surface area contributed by atoms with Crippen LogP contribution in [0.2, 0.25) is 0 Å². The highest BCUT2D eigenvalue weighted by atomic mass is 32.2. The van der Waals surface area contributed by atoms with Crippen LogP contribution < -0.4 is 4.74 Å². The summed E-state index contributed by atoms with van der Waals surface area (Å²) in [6.07, 6.45) is 9.14. The lowest BCUT2D eigenvalue weighted by molar-refractivity contribution is -0.134. The van der Waals surface area contributed by atoms with E-state index >= 15 is 0 Å². The summed E-state index contributed by atoms with van der Waals surface area (Å²) in [5.74, 6) is 2.17. The molecule has 0 bridgehead atoms. The van der Waals surface area contributed by atoms with Crippen molar-refractivity contribution in [1.29, 1.82) is 0 Å². The van der Waals surface area contributed by atoms with Crippen molar-refractivity contribution in [3.05, 3.63) is 30.6 Å². The van der Waals surface area contributed by atoms with Crippen LogP contribution in [-0.4, -0.2) is 51.0 Å². The van der Waals surface area contributed by atoms with E-state index < -0.39 is 0 Å². The molecule has 1 aliphatic heterocycles. The zero-order chi connectivity index (χ0) is 18.6. The summed E-state index contributed by atoms with van der Waals surface area (Å²) < 4.78 is 7.12. The van der Waals surface area contributed by atoms with Crippen LogP contribution in [0.25, 0.3) is 5.69 Å². The van der Waals surface area contributed by atoms with Gasteiger partial charge in [-0.3, -0.25) is 9.36 Å². The van der Waals surface area contributed by atoms with Crippen LogP contribution in [0.1, 0.15) is 38.5 Å². The maximum atomic E-state index is 12.9. The van der Waals surface area contributed by atoms with Crippen LogP contribution in [0.3, 0.4) is 0 Å². The first kappa shape index (κ1) is 18.3. The van der Waals surface area contributed by atoms with Gasteiger partial charge in [0.1, 0.15) is 12.1 Å². The van der Waals surface area contributed by atoms with Gasteiger partial charge in [-0.1, -0.05) is 24.6 Å². The second kappa shape index (κ2) is 8.33. The third kappa shape index (κ3) is 3.98. The zero-order valence-corrected chi connectivity index (χ0v) is 16.5. The molecule has 1 saturated carbocycles. The largest absolute Gasteiger partial charge is 0.497 e. The number of amides is 1. The first-order valence-electron chi connectivity index (χ1n) is 9.73. The molecule has 2 aromatic rings. The molecule has 1 aromatic carbocycles. The molecule has 4 rings (SSSR count). The Morgan fingerprint density at radius 3 is 2.78 bits per heavy atom. The fourth-order valence-corrected chi connectivity index (χ4v) is 5.20. The van der Waals surface area contributed by atoms with E-state index in [1.165, 1.54) is 43.9 Å². The smallest absolute Gasteiger partial charge is 0.233 e. The summed E-state index contributed by atoms with van der Waals surface area (Å²) >= 11 is 1.47. The molecule has 2 heterocycles. The minimum absolute atomic E-state index is 0.237. The van der Waals surface area contributed by atoms with Gasteiger partial charge in [0, 0.05) is 18.3 Å². The number of aromatic nitrogens is 3. The lowest BCUT2D eigenvalue weighted by Crippen LogP contribution is -2.50. The molecule has 144 valence electrons. The van der Waals surface area contributed by atoms with Gasteiger partial charge in [0.25, 0.3) is 0 Å². The second-order valence-electron chi connectivity index (χ2n) is 7.31. The standard InChI is InChI=1S/C20H26N4O2S/c1-26-17-10-8-16(9-11-17)24-14-21-22-20(24)27-13-19(25)23-12-4-6-15-5-2-3-7-18(15)23/h8-11,14-15,18H,2-7,12-13H2,1H3. The van der Waals surface area contributed by atoms with Gasteiger partial charge in [0.05, 0.1) is 12.9 Å². The number of rotatable bonds is 5. The van der Waals surface area contributed by atoms with Gasteiger partial charge >= 0.3 is 0 Å². The van der Waals surface area contributed by atoms with E-state index in [4.69, 9.17) is 4.74 Å². The number of ether oxygens (including phenoxy) is 1. The van der Waals surface area contributed by atoms with E-state index in [1.807, 2.05) is 28.8 Å². The van der Waals surface area contributed by atoms with Crippen molar-refractivity contribution in [2.24, 2.45) is 5.92 Å². The normalized spacial score (nSPS) is 22.3. The average molecular weight is 387 g/mol. The van der Waals surface area contributed by atoms with Crippen LogP contribution in [0.5, 0.6) is 5.75 Å². The molecule has 1 aromatic heterocycles. The summed E-state index contributed by atoms with van der Waals surface area (Å²) in [6.45, 7) is 0.908. The van der Waals surface area contributed by atoms with Crippen LogP contribution in [-0.2, 0) is 4.79 Å². The van der Waals surface area contributed by atoms with Crippen LogP contribution >= 0.6 is 11.8 Å². The number of nitrogens with zero attached hydrogens (tertiary/aromatic N) is 4. The molecule has 2 unspecified atom stereocenters. The van der Waals surface area contributed by atoms with Crippen LogP contribution in [0, 0.1) is 5.92 Å². The number of carbonyl (C=O) groups is 1. The Bertz CT molecular complexity index is 775. The Morgan fingerprint density at radius 1 is 1.19 bits per heavy atom. The monoisotopic (exact) mass is 386 g/mol. The first-order chi connectivity index (χ1) is 13.3. The van der Waals surface area contributed by atoms with E-state index in [0.717, 1.165) is 29.6 Å². The maximum Gasteiger partial charge on any atom is 0.233 e. The van der Waals surface area contributed by atoms with Crippen molar-refractivity contribution in [2.45, 2.75) is 49.7 Å². The average Bonchev–Trinajstić information content (AvgIpc) is 3.20. The van der Waals surface area contributed by atoms with Crippen LogP contribution in [0.15, 0.2) is 35.7 Å². The minimum Gasteiger partial charge on any atom is -0.497 e. The van der Waals surface area contributed by atoms with Crippen molar-refractivity contribution in [1.82, 2.24) is 19.7 Å². The summed E-state index contributed by atoms with van der Waals surface area (Å²) in [5.41, 5.74) is 0.959. The summed E-state index contributed by atoms with van der Waals surface area (Å²) in [6, 6.07) is 8.20. The number of methoxy groups -OCH3 is 1. The SMILES string of the molecule is COc1ccc(-n2cnnc2SCC(=O)N2CCCC3CCCCC32)cc1. The summed E-state index contributed by atoms with van der Waals surface area (Å²) in [4.78, 5) is 15.1. The van der Waals surface area contributed by atoms with Crippen molar-refractivity contribution < 1.29 is 9.53 Å². The van der Waals surface area contributed by atoms with Gasteiger partial charge < -0.3 is 9.64 Å². The van der Waals surface area contributed by atoms with Crippen molar-refractivity contribution in [3.8, 4) is 11.4 Å². The molecule has 1 aliphatic carbocycles. The highest BCUT2D eigenvalue weighted by Crippen LogP contribution is 2.35. The molecule has 7 heteroatoms. The Kier molecular flexibility index (Phi) is 5.66. The van der Waals surface area contributed by atoms with Crippen LogP contribution in [0.4, 0.5) is 0 Å². The first-order valence-corrected chi connectivity index (χ1v) is 10.7. The van der Waals surface area contributed by atoms with Gasteiger partial charge in [-0.05, 0) is 55.9 Å². The molecule has 2 fully saturated rings. The van der Waals surface area contributed by atoms with E-state index in [9.17, 15) is 4.79 Å². The lowest BCUT2D eigenvalue weighted by atomic mass is 9.78. The highest BCUT2D eigenvalue weighted by Gasteiger charge is 2.35. The third-order valence-electron chi connectivity index (χ3n) is 5.76. The zero-order valence-electron chi connectivity index (χ0n) is 15.7. The van der Waals surface area contributed by atoms with Gasteiger partial charge in [0.15, 0.2) is 5.16 Å². The Balaban J connectivity index is 1.41. The predicted molar refractivity (Wildman–Crippen MR) is 105 cm³/mol. The number of fused-ring (bicyclic) bond motifs is 1. The molecule has 2 atom stereocenters. The fraction of sp³-hybridized carbons (Fsp3) is 0.550. The maximum absolute atomic E-state index is 12.9. The number of carbonyl (C=O) groups excluding carboxylic acids is 1. The topological polar surface area (TPSA) is 60.2 Å². The molecule has 27 heavy (non-hydrogen) atoms. The molecule has 0 spiro atoms. The van der Waals surface area contributed by atoms with E-state index in [-0.39, 0.29) is 5.91 Å². The molecule has 1 saturated heterocycles. The quantitative estimate of drug-likeness (QED) is 0.736. The Labute approximate surface area is 164 Å². The van der Waals surface area contributed by atoms with E-state index in [0.29, 0.717) is 17.7 Å². The number of hydrogen-bond acceptors (Lipinski definition) is 5. The van der Waals surface area contributed by atoms with Gasteiger partial charge in [-0.15, -0.1) is 10.2 Å². The molecular weight excluding hydrogens is 360 g/mol. The minimum atomic E-state index is 0.237. The number of piperidine rings is 1. The molecule has 6 nitrogen and oxygen atoms in total. The fourth-order valence-electron chi connectivity index (χ4n) is 4.39. The molecule has 2 aliphatic rings. The van der Waals surface area contributed by atoms with Crippen molar-refractivity contribution in [3.63, 3.8) is 0 Å². The molecule has 0 N–H and O–H groups in total. The molecule has 0 radical (unpaired) electrons. The number of likely N-dealkylation sites (tertiary alicyclic amines) is 1. The predicted octanol–water partition coefficient (Wildman–Crippen LogP) is 3.55. The van der Waals surface area contributed by atoms with E-state index in [2.05, 4.69) is 15.1 Å².